The van der Waals surface area contributed by atoms with Crippen molar-refractivity contribution < 1.29 is 9.53 Å². The molecular weight excluding hydrogens is 312 g/mol. The van der Waals surface area contributed by atoms with E-state index in [0.29, 0.717) is 24.9 Å². The maximum Gasteiger partial charge on any atom is 0.224 e. The minimum Gasteiger partial charge on any atom is -0.493 e. The summed E-state index contributed by atoms with van der Waals surface area (Å²) in [5.41, 5.74) is 0.816. The first-order valence-corrected chi connectivity index (χ1v) is 8.37. The van der Waals surface area contributed by atoms with E-state index in [9.17, 15) is 4.79 Å². The molecular formula is C18H29ClN2O2. The second kappa shape index (κ2) is 10.5. The van der Waals surface area contributed by atoms with Crippen LogP contribution >= 0.6 is 12.4 Å². The third kappa shape index (κ3) is 7.71. The van der Waals surface area contributed by atoms with Gasteiger partial charge in [-0.15, -0.1) is 12.4 Å². The van der Waals surface area contributed by atoms with E-state index in [-0.39, 0.29) is 18.3 Å². The number of halogens is 1. The second-order valence-electron chi connectivity index (χ2n) is 6.51. The molecule has 0 spiro atoms. The van der Waals surface area contributed by atoms with E-state index in [1.807, 2.05) is 24.3 Å². The van der Waals surface area contributed by atoms with E-state index in [4.69, 9.17) is 4.74 Å². The highest BCUT2D eigenvalue weighted by atomic mass is 35.5. The lowest BCUT2D eigenvalue weighted by atomic mass is 9.93. The quantitative estimate of drug-likeness (QED) is 0.792. The van der Waals surface area contributed by atoms with Crippen LogP contribution < -0.4 is 15.4 Å². The summed E-state index contributed by atoms with van der Waals surface area (Å²) < 4.78 is 5.69. The van der Waals surface area contributed by atoms with Crippen LogP contribution in [0.25, 0.3) is 0 Å². The summed E-state index contributed by atoms with van der Waals surface area (Å²) >= 11 is 0. The molecule has 0 atom stereocenters. The van der Waals surface area contributed by atoms with Crippen LogP contribution in [-0.2, 0) is 4.79 Å². The van der Waals surface area contributed by atoms with Crippen molar-refractivity contribution in [3.05, 3.63) is 24.3 Å². The topological polar surface area (TPSA) is 50.4 Å². The number of hydrogen-bond acceptors (Lipinski definition) is 3. The lowest BCUT2D eigenvalue weighted by Crippen LogP contribution is -2.28. The van der Waals surface area contributed by atoms with E-state index in [1.165, 1.54) is 12.8 Å². The fourth-order valence-corrected chi connectivity index (χ4v) is 2.66. The van der Waals surface area contributed by atoms with Crippen molar-refractivity contribution in [2.45, 2.75) is 39.5 Å². The molecule has 0 aliphatic carbocycles. The van der Waals surface area contributed by atoms with E-state index in [0.717, 1.165) is 30.9 Å². The molecule has 4 nitrogen and oxygen atoms in total. The lowest BCUT2D eigenvalue weighted by molar-refractivity contribution is -0.116. The summed E-state index contributed by atoms with van der Waals surface area (Å²) in [6, 6.07) is 7.64. The molecule has 1 aliphatic heterocycles. The van der Waals surface area contributed by atoms with Crippen LogP contribution in [0.3, 0.4) is 0 Å². The lowest BCUT2D eigenvalue weighted by Gasteiger charge is -2.22. The highest BCUT2D eigenvalue weighted by molar-refractivity contribution is 5.90. The first-order valence-electron chi connectivity index (χ1n) is 8.37. The number of rotatable bonds is 7. The molecule has 0 bridgehead atoms. The Kier molecular flexibility index (Phi) is 9.03. The minimum absolute atomic E-state index is 0. The van der Waals surface area contributed by atoms with Gasteiger partial charge in [0.2, 0.25) is 5.91 Å². The van der Waals surface area contributed by atoms with Crippen molar-refractivity contribution in [3.63, 3.8) is 0 Å². The zero-order valence-electron chi connectivity index (χ0n) is 14.1. The summed E-state index contributed by atoms with van der Waals surface area (Å²) in [6.07, 6.45) is 3.95. The fourth-order valence-electron chi connectivity index (χ4n) is 2.66. The highest BCUT2D eigenvalue weighted by Crippen LogP contribution is 2.20. The number of carbonyl (C=O) groups excluding carboxylic acids is 1. The molecule has 130 valence electrons. The summed E-state index contributed by atoms with van der Waals surface area (Å²) in [5, 5.41) is 6.33. The summed E-state index contributed by atoms with van der Waals surface area (Å²) in [6.45, 7) is 7.09. The van der Waals surface area contributed by atoms with Crippen LogP contribution in [0.2, 0.25) is 0 Å². The molecule has 0 radical (unpaired) electrons. The van der Waals surface area contributed by atoms with Crippen molar-refractivity contribution in [2.75, 3.05) is 25.0 Å². The standard InChI is InChI=1S/C18H28N2O2.ClH/c1-14(2)13-22-17-5-3-4-16(12-17)20-18(21)7-6-15-8-10-19-11-9-15;/h3-5,12,14-15,19H,6-11,13H2,1-2H3,(H,20,21);1H. The third-order valence-corrected chi connectivity index (χ3v) is 3.94. The van der Waals surface area contributed by atoms with Crippen LogP contribution in [0.4, 0.5) is 5.69 Å². The number of piperidine rings is 1. The molecule has 0 saturated carbocycles. The first-order chi connectivity index (χ1) is 10.6. The van der Waals surface area contributed by atoms with E-state index in [2.05, 4.69) is 24.5 Å². The summed E-state index contributed by atoms with van der Waals surface area (Å²) in [4.78, 5) is 12.1. The number of benzene rings is 1. The molecule has 1 amide bonds. The van der Waals surface area contributed by atoms with Crippen LogP contribution in [0.5, 0.6) is 5.75 Å². The molecule has 23 heavy (non-hydrogen) atoms. The van der Waals surface area contributed by atoms with Gasteiger partial charge in [0.05, 0.1) is 6.61 Å². The van der Waals surface area contributed by atoms with Gasteiger partial charge in [0.1, 0.15) is 5.75 Å². The van der Waals surface area contributed by atoms with Crippen LogP contribution in [0, 0.1) is 11.8 Å². The van der Waals surface area contributed by atoms with Crippen molar-refractivity contribution in [3.8, 4) is 5.75 Å². The number of ether oxygens (including phenoxy) is 1. The number of hydrogen-bond donors (Lipinski definition) is 2. The monoisotopic (exact) mass is 340 g/mol. The molecule has 1 aliphatic rings. The predicted octanol–water partition coefficient (Wildman–Crippen LogP) is 3.86. The van der Waals surface area contributed by atoms with E-state index >= 15 is 0 Å². The average molecular weight is 341 g/mol. The smallest absolute Gasteiger partial charge is 0.224 e. The van der Waals surface area contributed by atoms with Gasteiger partial charge < -0.3 is 15.4 Å². The summed E-state index contributed by atoms with van der Waals surface area (Å²) in [5.74, 6) is 2.08. The Hall–Kier alpha value is -1.26. The van der Waals surface area contributed by atoms with Gasteiger partial charge in [0.15, 0.2) is 0 Å². The van der Waals surface area contributed by atoms with Crippen molar-refractivity contribution >= 4 is 24.0 Å². The molecule has 2 rings (SSSR count). The molecule has 1 aromatic rings. The molecule has 1 fully saturated rings. The highest BCUT2D eigenvalue weighted by Gasteiger charge is 2.14. The van der Waals surface area contributed by atoms with Gasteiger partial charge in [-0.2, -0.15) is 0 Å². The van der Waals surface area contributed by atoms with Gasteiger partial charge in [-0.05, 0) is 56.3 Å². The molecule has 0 aromatic heterocycles. The Morgan fingerprint density at radius 1 is 1.35 bits per heavy atom. The van der Waals surface area contributed by atoms with Gasteiger partial charge in [-0.25, -0.2) is 0 Å². The van der Waals surface area contributed by atoms with Gasteiger partial charge in [-0.1, -0.05) is 19.9 Å². The Morgan fingerprint density at radius 2 is 2.09 bits per heavy atom. The van der Waals surface area contributed by atoms with Gasteiger partial charge in [-0.3, -0.25) is 4.79 Å². The van der Waals surface area contributed by atoms with Gasteiger partial charge in [0, 0.05) is 18.2 Å². The number of anilines is 1. The minimum atomic E-state index is 0. The molecule has 1 heterocycles. The Bertz CT molecular complexity index is 474. The fraction of sp³-hybridized carbons (Fsp3) is 0.611. The van der Waals surface area contributed by atoms with Crippen molar-refractivity contribution in [1.29, 1.82) is 0 Å². The number of amides is 1. The van der Waals surface area contributed by atoms with Crippen LogP contribution in [0.1, 0.15) is 39.5 Å². The predicted molar refractivity (Wildman–Crippen MR) is 97.5 cm³/mol. The third-order valence-electron chi connectivity index (χ3n) is 3.94. The Balaban J connectivity index is 0.00000264. The number of carbonyl (C=O) groups is 1. The normalized spacial score (nSPS) is 15.1. The zero-order valence-corrected chi connectivity index (χ0v) is 15.0. The van der Waals surface area contributed by atoms with Gasteiger partial charge in [0.25, 0.3) is 0 Å². The van der Waals surface area contributed by atoms with Crippen LogP contribution in [0.15, 0.2) is 24.3 Å². The maximum atomic E-state index is 12.1. The molecule has 1 saturated heterocycles. The Labute approximate surface area is 145 Å². The first kappa shape index (κ1) is 19.8. The van der Waals surface area contributed by atoms with E-state index < -0.39 is 0 Å². The molecule has 1 aromatic carbocycles. The molecule has 2 N–H and O–H groups in total. The second-order valence-corrected chi connectivity index (χ2v) is 6.51. The summed E-state index contributed by atoms with van der Waals surface area (Å²) in [7, 11) is 0. The largest absolute Gasteiger partial charge is 0.493 e. The van der Waals surface area contributed by atoms with Crippen molar-refractivity contribution in [1.82, 2.24) is 5.32 Å². The molecule has 0 unspecified atom stereocenters. The van der Waals surface area contributed by atoms with Crippen molar-refractivity contribution in [2.24, 2.45) is 11.8 Å². The SMILES string of the molecule is CC(C)COc1cccc(NC(=O)CCC2CCNCC2)c1.Cl. The maximum absolute atomic E-state index is 12.1. The number of nitrogens with one attached hydrogen (secondary N) is 2. The van der Waals surface area contributed by atoms with Crippen LogP contribution in [-0.4, -0.2) is 25.6 Å². The molecule has 5 heteroatoms. The van der Waals surface area contributed by atoms with Gasteiger partial charge >= 0.3 is 0 Å². The zero-order chi connectivity index (χ0) is 15.8. The Morgan fingerprint density at radius 3 is 2.78 bits per heavy atom. The average Bonchev–Trinajstić information content (AvgIpc) is 2.52. The van der Waals surface area contributed by atoms with E-state index in [1.54, 1.807) is 0 Å².